The van der Waals surface area contributed by atoms with E-state index in [1.165, 1.54) is 0 Å². The fourth-order valence-corrected chi connectivity index (χ4v) is 3.53. The number of aliphatic carboxylic acids is 1. The van der Waals surface area contributed by atoms with Crippen molar-refractivity contribution in [2.24, 2.45) is 11.8 Å². The van der Waals surface area contributed by atoms with Crippen LogP contribution < -0.4 is 16.0 Å². The maximum Gasteiger partial charge on any atom is 0.408 e. The van der Waals surface area contributed by atoms with Gasteiger partial charge >= 0.3 is 12.1 Å². The highest BCUT2D eigenvalue weighted by Crippen LogP contribution is 2.12. The lowest BCUT2D eigenvalue weighted by Gasteiger charge is -2.28. The Balaban J connectivity index is 2.17. The monoisotopic (exact) mass is 511 g/mol. The normalized spacial score (nSPS) is 13.7. The summed E-state index contributed by atoms with van der Waals surface area (Å²) in [4.78, 5) is 50.5. The average molecular weight is 512 g/mol. The number of hydrogen-bond acceptors (Lipinski definition) is 5. The van der Waals surface area contributed by atoms with Gasteiger partial charge in [-0.15, -0.1) is 0 Å². The first-order valence-corrected chi connectivity index (χ1v) is 12.3. The molecule has 3 atom stereocenters. The molecule has 9 heteroatoms. The van der Waals surface area contributed by atoms with Crippen molar-refractivity contribution in [1.29, 1.82) is 0 Å². The maximum absolute atomic E-state index is 13.3. The topological polar surface area (TPSA) is 134 Å². The van der Waals surface area contributed by atoms with Gasteiger partial charge in [0.05, 0.1) is 0 Å². The number of carboxylic acid groups (broad SMARTS) is 1. The van der Waals surface area contributed by atoms with Crippen LogP contribution in [0.2, 0.25) is 0 Å². The van der Waals surface area contributed by atoms with Crippen molar-refractivity contribution in [3.8, 4) is 0 Å². The van der Waals surface area contributed by atoms with Crippen molar-refractivity contribution in [2.75, 3.05) is 0 Å². The molecular formula is C28H37N3O6. The molecule has 0 bridgehead atoms. The Labute approximate surface area is 218 Å². The molecule has 9 nitrogen and oxygen atoms in total. The molecule has 3 amide bonds. The fraction of sp³-hybridized carbons (Fsp3) is 0.429. The van der Waals surface area contributed by atoms with E-state index in [9.17, 15) is 24.3 Å². The van der Waals surface area contributed by atoms with E-state index in [-0.39, 0.29) is 18.8 Å². The zero-order valence-corrected chi connectivity index (χ0v) is 22.0. The number of alkyl carbamates (subject to hydrolysis) is 1. The smallest absolute Gasteiger partial charge is 0.408 e. The summed E-state index contributed by atoms with van der Waals surface area (Å²) >= 11 is 0. The molecule has 2 aromatic rings. The third-order valence-electron chi connectivity index (χ3n) is 5.45. The van der Waals surface area contributed by atoms with Crippen molar-refractivity contribution in [2.45, 2.75) is 65.3 Å². The van der Waals surface area contributed by atoms with E-state index in [0.29, 0.717) is 5.56 Å². The number of benzene rings is 2. The summed E-state index contributed by atoms with van der Waals surface area (Å²) in [5, 5.41) is 17.7. The number of carbonyl (C=O) groups excluding carboxylic acids is 3. The van der Waals surface area contributed by atoms with Crippen LogP contribution in [0.4, 0.5) is 4.79 Å². The van der Waals surface area contributed by atoms with Crippen molar-refractivity contribution in [3.05, 3.63) is 71.8 Å². The molecule has 0 aliphatic rings. The predicted molar refractivity (Wildman–Crippen MR) is 139 cm³/mol. The summed E-state index contributed by atoms with van der Waals surface area (Å²) < 4.78 is 5.32. The van der Waals surface area contributed by atoms with Crippen molar-refractivity contribution in [1.82, 2.24) is 16.0 Å². The molecule has 0 saturated heterocycles. The average Bonchev–Trinajstić information content (AvgIpc) is 2.81. The SMILES string of the molecule is CC(C)[C@H](NC(=O)C(Cc1ccccc1)C(=O)O)NC(=O)[C@H](Cc1ccccc1)NC(=O)OC(C)(C)C. The molecule has 2 rings (SSSR count). The highest BCUT2D eigenvalue weighted by atomic mass is 16.6. The van der Waals surface area contributed by atoms with Gasteiger partial charge in [0.25, 0.3) is 0 Å². The summed E-state index contributed by atoms with van der Waals surface area (Å²) in [6.07, 6.45) is -1.41. The largest absolute Gasteiger partial charge is 0.481 e. The number of carbonyl (C=O) groups is 4. The van der Waals surface area contributed by atoms with E-state index in [1.807, 2.05) is 30.3 Å². The molecule has 1 unspecified atom stereocenters. The lowest BCUT2D eigenvalue weighted by molar-refractivity contribution is -0.147. The second kappa shape index (κ2) is 13.4. The zero-order chi connectivity index (χ0) is 27.6. The van der Waals surface area contributed by atoms with Crippen LogP contribution in [0, 0.1) is 11.8 Å². The molecule has 0 spiro atoms. The second-order valence-corrected chi connectivity index (χ2v) is 10.2. The molecule has 2 aromatic carbocycles. The van der Waals surface area contributed by atoms with Crippen LogP contribution in [0.5, 0.6) is 0 Å². The Hall–Kier alpha value is -3.88. The van der Waals surface area contributed by atoms with E-state index in [2.05, 4.69) is 16.0 Å². The van der Waals surface area contributed by atoms with Crippen LogP contribution >= 0.6 is 0 Å². The summed E-state index contributed by atoms with van der Waals surface area (Å²) in [6, 6.07) is 17.0. The van der Waals surface area contributed by atoms with Crippen molar-refractivity contribution >= 4 is 23.9 Å². The maximum atomic E-state index is 13.3. The highest BCUT2D eigenvalue weighted by molar-refractivity contribution is 5.97. The Morgan fingerprint density at radius 3 is 1.73 bits per heavy atom. The van der Waals surface area contributed by atoms with Gasteiger partial charge in [0.2, 0.25) is 11.8 Å². The number of amides is 3. The third kappa shape index (κ3) is 10.3. The number of carboxylic acids is 1. The Morgan fingerprint density at radius 1 is 0.784 bits per heavy atom. The standard InChI is InChI=1S/C28H37N3O6/c1-18(2)23(30-24(32)21(26(34)35)16-19-12-8-6-9-13-19)31-25(33)22(17-20-14-10-7-11-15-20)29-27(36)37-28(3,4)5/h6-15,18,21-23H,16-17H2,1-5H3,(H,29,36)(H,30,32)(H,31,33)(H,34,35)/t21?,22-,23+/m0/s1. The van der Waals surface area contributed by atoms with Gasteiger partial charge in [0, 0.05) is 6.42 Å². The van der Waals surface area contributed by atoms with E-state index >= 15 is 0 Å². The highest BCUT2D eigenvalue weighted by Gasteiger charge is 2.32. The van der Waals surface area contributed by atoms with Crippen LogP contribution in [0.3, 0.4) is 0 Å². The summed E-state index contributed by atoms with van der Waals surface area (Å²) in [5.74, 6) is -4.11. The van der Waals surface area contributed by atoms with Gasteiger partial charge in [-0.2, -0.15) is 0 Å². The first-order valence-electron chi connectivity index (χ1n) is 12.3. The minimum atomic E-state index is -1.33. The number of nitrogens with one attached hydrogen (secondary N) is 3. The quantitative estimate of drug-likeness (QED) is 0.270. The minimum absolute atomic E-state index is 0.0115. The first-order chi connectivity index (χ1) is 17.4. The minimum Gasteiger partial charge on any atom is -0.481 e. The number of ether oxygens (including phenoxy) is 1. The Kier molecular flexibility index (Phi) is 10.7. The number of rotatable bonds is 11. The lowest BCUT2D eigenvalue weighted by atomic mass is 9.98. The molecule has 0 radical (unpaired) electrons. The molecule has 0 fully saturated rings. The van der Waals surface area contributed by atoms with Gasteiger partial charge in [0.15, 0.2) is 0 Å². The van der Waals surface area contributed by atoms with Gasteiger partial charge in [-0.05, 0) is 44.2 Å². The van der Waals surface area contributed by atoms with E-state index in [0.717, 1.165) is 5.56 Å². The molecule has 0 aromatic heterocycles. The van der Waals surface area contributed by atoms with E-state index in [4.69, 9.17) is 4.74 Å². The van der Waals surface area contributed by atoms with E-state index < -0.39 is 47.6 Å². The Bertz CT molecular complexity index is 1050. The molecule has 0 heterocycles. The van der Waals surface area contributed by atoms with Gasteiger partial charge in [0.1, 0.15) is 23.7 Å². The molecule has 0 aliphatic heterocycles. The molecule has 0 aliphatic carbocycles. The third-order valence-corrected chi connectivity index (χ3v) is 5.45. The summed E-state index contributed by atoms with van der Waals surface area (Å²) in [5.41, 5.74) is 0.772. The summed E-state index contributed by atoms with van der Waals surface area (Å²) in [7, 11) is 0. The van der Waals surface area contributed by atoms with Crippen LogP contribution in [0.1, 0.15) is 45.7 Å². The van der Waals surface area contributed by atoms with Crippen LogP contribution in [-0.2, 0) is 32.0 Å². The van der Waals surface area contributed by atoms with Gasteiger partial charge in [-0.3, -0.25) is 14.4 Å². The van der Waals surface area contributed by atoms with E-state index in [1.54, 1.807) is 65.0 Å². The molecule has 200 valence electrons. The molecule has 37 heavy (non-hydrogen) atoms. The van der Waals surface area contributed by atoms with Gasteiger partial charge in [-0.1, -0.05) is 74.5 Å². The lowest BCUT2D eigenvalue weighted by Crippen LogP contribution is -2.58. The molecular weight excluding hydrogens is 474 g/mol. The van der Waals surface area contributed by atoms with Crippen molar-refractivity contribution in [3.63, 3.8) is 0 Å². The zero-order valence-electron chi connectivity index (χ0n) is 22.0. The van der Waals surface area contributed by atoms with Crippen LogP contribution in [0.25, 0.3) is 0 Å². The first kappa shape index (κ1) is 29.4. The summed E-state index contributed by atoms with van der Waals surface area (Å²) in [6.45, 7) is 8.73. The van der Waals surface area contributed by atoms with Gasteiger partial charge < -0.3 is 25.8 Å². The van der Waals surface area contributed by atoms with Crippen LogP contribution in [0.15, 0.2) is 60.7 Å². The van der Waals surface area contributed by atoms with Crippen LogP contribution in [-0.4, -0.2) is 46.8 Å². The fourth-order valence-electron chi connectivity index (χ4n) is 3.53. The second-order valence-electron chi connectivity index (χ2n) is 10.2. The predicted octanol–water partition coefficient (Wildman–Crippen LogP) is 3.28. The molecule has 0 saturated carbocycles. The van der Waals surface area contributed by atoms with Gasteiger partial charge in [-0.25, -0.2) is 4.79 Å². The molecule has 4 N–H and O–H groups in total. The number of hydrogen-bond donors (Lipinski definition) is 4. The van der Waals surface area contributed by atoms with Crippen molar-refractivity contribution < 1.29 is 29.0 Å². The Morgan fingerprint density at radius 2 is 1.27 bits per heavy atom.